The summed E-state index contributed by atoms with van der Waals surface area (Å²) in [5.41, 5.74) is 6.75. The Labute approximate surface area is 114 Å². The second kappa shape index (κ2) is 7.35. The van der Waals surface area contributed by atoms with Crippen molar-refractivity contribution in [1.29, 1.82) is 0 Å². The molecule has 4 N–H and O–H groups in total. The lowest BCUT2D eigenvalue weighted by Gasteiger charge is -2.10. The van der Waals surface area contributed by atoms with Crippen LogP contribution in [0, 0.1) is 0 Å². The highest BCUT2D eigenvalue weighted by atomic mass is 79.9. The van der Waals surface area contributed by atoms with Crippen LogP contribution in [0.25, 0.3) is 0 Å². The van der Waals surface area contributed by atoms with Gasteiger partial charge in [-0.25, -0.2) is 0 Å². The molecule has 1 atom stereocenters. The fourth-order valence-electron chi connectivity index (χ4n) is 1.40. The molecule has 0 heterocycles. The molecule has 6 heteroatoms. The van der Waals surface area contributed by atoms with Crippen molar-refractivity contribution in [3.63, 3.8) is 0 Å². The third-order valence-corrected chi connectivity index (χ3v) is 3.07. The summed E-state index contributed by atoms with van der Waals surface area (Å²) in [7, 11) is 1.52. The fourth-order valence-corrected chi connectivity index (χ4v) is 1.78. The van der Waals surface area contributed by atoms with Crippen molar-refractivity contribution in [1.82, 2.24) is 5.32 Å². The number of aliphatic hydroxyl groups is 1. The molecule has 1 aromatic carbocycles. The maximum Gasteiger partial charge on any atom is 0.251 e. The van der Waals surface area contributed by atoms with Gasteiger partial charge in [0.25, 0.3) is 5.91 Å². The van der Waals surface area contributed by atoms with Gasteiger partial charge in [-0.2, -0.15) is 0 Å². The van der Waals surface area contributed by atoms with Gasteiger partial charge in [0.15, 0.2) is 0 Å². The number of nitrogen functional groups attached to an aromatic ring is 1. The molecular weight excluding hydrogens is 300 g/mol. The van der Waals surface area contributed by atoms with Gasteiger partial charge in [-0.3, -0.25) is 4.79 Å². The summed E-state index contributed by atoms with van der Waals surface area (Å²) in [5, 5.41) is 12.1. The highest BCUT2D eigenvalue weighted by Gasteiger charge is 2.08. The maximum atomic E-state index is 11.8. The van der Waals surface area contributed by atoms with Gasteiger partial charge in [0.1, 0.15) is 0 Å². The van der Waals surface area contributed by atoms with Crippen molar-refractivity contribution in [2.24, 2.45) is 0 Å². The molecule has 18 heavy (non-hydrogen) atoms. The Morgan fingerprint density at radius 3 is 2.94 bits per heavy atom. The SMILES string of the molecule is COCC(O)CCNC(=O)c1ccc(N)c(Br)c1. The van der Waals surface area contributed by atoms with Crippen molar-refractivity contribution in [2.45, 2.75) is 12.5 Å². The average Bonchev–Trinajstić information content (AvgIpc) is 2.33. The number of amides is 1. The Morgan fingerprint density at radius 1 is 1.61 bits per heavy atom. The van der Waals surface area contributed by atoms with Gasteiger partial charge in [-0.1, -0.05) is 0 Å². The molecule has 5 nitrogen and oxygen atoms in total. The quantitative estimate of drug-likeness (QED) is 0.688. The molecular formula is C12H17BrN2O3. The Kier molecular flexibility index (Phi) is 6.11. The molecule has 0 spiro atoms. The molecule has 100 valence electrons. The summed E-state index contributed by atoms with van der Waals surface area (Å²) < 4.78 is 5.48. The van der Waals surface area contributed by atoms with E-state index in [1.54, 1.807) is 18.2 Å². The van der Waals surface area contributed by atoms with E-state index >= 15 is 0 Å². The molecule has 1 amide bonds. The summed E-state index contributed by atoms with van der Waals surface area (Å²) in [6.07, 6.45) is -0.108. The Balaban J connectivity index is 2.43. The lowest BCUT2D eigenvalue weighted by Crippen LogP contribution is -2.28. The molecule has 1 rings (SSSR count). The van der Waals surface area contributed by atoms with Crippen molar-refractivity contribution in [3.8, 4) is 0 Å². The number of nitrogens with one attached hydrogen (secondary N) is 1. The molecule has 0 aliphatic carbocycles. The summed E-state index contributed by atoms with van der Waals surface area (Å²) in [6, 6.07) is 4.98. The molecule has 1 aromatic rings. The Hall–Kier alpha value is -1.11. The summed E-state index contributed by atoms with van der Waals surface area (Å²) in [6.45, 7) is 0.661. The van der Waals surface area contributed by atoms with Crippen molar-refractivity contribution in [2.75, 3.05) is 26.0 Å². The van der Waals surface area contributed by atoms with Gasteiger partial charge in [0.2, 0.25) is 0 Å². The van der Waals surface area contributed by atoms with Gasteiger partial charge in [0.05, 0.1) is 12.7 Å². The highest BCUT2D eigenvalue weighted by molar-refractivity contribution is 9.10. The molecule has 0 bridgehead atoms. The number of benzene rings is 1. The van der Waals surface area contributed by atoms with Crippen LogP contribution in [-0.4, -0.2) is 37.4 Å². The minimum absolute atomic E-state index is 0.194. The number of anilines is 1. The van der Waals surface area contributed by atoms with E-state index in [-0.39, 0.29) is 12.5 Å². The zero-order valence-corrected chi connectivity index (χ0v) is 11.7. The minimum Gasteiger partial charge on any atom is -0.398 e. The first-order valence-corrected chi connectivity index (χ1v) is 6.34. The third kappa shape index (κ3) is 4.64. The molecule has 0 saturated heterocycles. The second-order valence-electron chi connectivity index (χ2n) is 3.89. The number of carbonyl (C=O) groups excluding carboxylic acids is 1. The third-order valence-electron chi connectivity index (χ3n) is 2.38. The van der Waals surface area contributed by atoms with Crippen LogP contribution >= 0.6 is 15.9 Å². The Morgan fingerprint density at radius 2 is 2.33 bits per heavy atom. The largest absolute Gasteiger partial charge is 0.398 e. The summed E-state index contributed by atoms with van der Waals surface area (Å²) in [4.78, 5) is 11.8. The smallest absolute Gasteiger partial charge is 0.251 e. The number of halogens is 1. The molecule has 0 aliphatic rings. The van der Waals surface area contributed by atoms with E-state index in [0.29, 0.717) is 28.7 Å². The number of methoxy groups -OCH3 is 1. The molecule has 0 saturated carbocycles. The van der Waals surface area contributed by atoms with Gasteiger partial charge >= 0.3 is 0 Å². The van der Waals surface area contributed by atoms with Crippen LogP contribution < -0.4 is 11.1 Å². The van der Waals surface area contributed by atoms with E-state index < -0.39 is 6.10 Å². The van der Waals surface area contributed by atoms with Crippen LogP contribution in [-0.2, 0) is 4.74 Å². The molecule has 0 fully saturated rings. The Bertz CT molecular complexity index is 412. The van der Waals surface area contributed by atoms with Crippen LogP contribution in [0.3, 0.4) is 0 Å². The van der Waals surface area contributed by atoms with Crippen molar-refractivity contribution >= 4 is 27.5 Å². The molecule has 1 unspecified atom stereocenters. The number of hydrogen-bond donors (Lipinski definition) is 3. The number of hydrogen-bond acceptors (Lipinski definition) is 4. The van der Waals surface area contributed by atoms with Crippen LogP contribution in [0.2, 0.25) is 0 Å². The standard InChI is InChI=1S/C12H17BrN2O3/c1-18-7-9(16)4-5-15-12(17)8-2-3-11(14)10(13)6-8/h2-3,6,9,16H,4-5,7,14H2,1H3,(H,15,17). The maximum absolute atomic E-state index is 11.8. The van der Waals surface area contributed by atoms with Crippen LogP contribution in [0.1, 0.15) is 16.8 Å². The topological polar surface area (TPSA) is 84.6 Å². The summed E-state index contributed by atoms with van der Waals surface area (Å²) >= 11 is 3.26. The predicted molar refractivity (Wildman–Crippen MR) is 73.4 cm³/mol. The second-order valence-corrected chi connectivity index (χ2v) is 4.74. The van der Waals surface area contributed by atoms with Crippen LogP contribution in [0.5, 0.6) is 0 Å². The first-order chi connectivity index (χ1) is 8.54. The van der Waals surface area contributed by atoms with Crippen molar-refractivity contribution in [3.05, 3.63) is 28.2 Å². The molecule has 0 aromatic heterocycles. The zero-order chi connectivity index (χ0) is 13.5. The number of carbonyl (C=O) groups is 1. The molecule has 0 radical (unpaired) electrons. The van der Waals surface area contributed by atoms with Crippen LogP contribution in [0.4, 0.5) is 5.69 Å². The normalized spacial score (nSPS) is 12.2. The van der Waals surface area contributed by atoms with E-state index in [2.05, 4.69) is 21.2 Å². The van der Waals surface area contributed by atoms with E-state index in [4.69, 9.17) is 10.5 Å². The van der Waals surface area contributed by atoms with E-state index in [1.165, 1.54) is 7.11 Å². The van der Waals surface area contributed by atoms with E-state index in [9.17, 15) is 9.90 Å². The first kappa shape index (κ1) is 14.9. The van der Waals surface area contributed by atoms with E-state index in [1.807, 2.05) is 0 Å². The number of ether oxygens (including phenoxy) is 1. The lowest BCUT2D eigenvalue weighted by atomic mass is 10.2. The number of rotatable bonds is 6. The zero-order valence-electron chi connectivity index (χ0n) is 10.1. The summed E-state index contributed by atoms with van der Waals surface area (Å²) in [5.74, 6) is -0.194. The van der Waals surface area contributed by atoms with Gasteiger partial charge in [-0.15, -0.1) is 0 Å². The van der Waals surface area contributed by atoms with E-state index in [0.717, 1.165) is 0 Å². The van der Waals surface area contributed by atoms with Gasteiger partial charge < -0.3 is 20.9 Å². The van der Waals surface area contributed by atoms with Crippen LogP contribution in [0.15, 0.2) is 22.7 Å². The average molecular weight is 317 g/mol. The van der Waals surface area contributed by atoms with Crippen molar-refractivity contribution < 1.29 is 14.6 Å². The first-order valence-electron chi connectivity index (χ1n) is 5.54. The minimum atomic E-state index is -0.562. The number of nitrogens with two attached hydrogens (primary N) is 1. The fraction of sp³-hybridized carbons (Fsp3) is 0.417. The lowest BCUT2D eigenvalue weighted by molar-refractivity contribution is 0.0587. The van der Waals surface area contributed by atoms with Gasteiger partial charge in [-0.05, 0) is 40.5 Å². The monoisotopic (exact) mass is 316 g/mol. The number of aliphatic hydroxyl groups excluding tert-OH is 1. The van der Waals surface area contributed by atoms with Gasteiger partial charge in [0, 0.05) is 29.4 Å². The highest BCUT2D eigenvalue weighted by Crippen LogP contribution is 2.20. The molecule has 0 aliphatic heterocycles. The predicted octanol–water partition coefficient (Wildman–Crippen LogP) is 1.16.